The summed E-state index contributed by atoms with van der Waals surface area (Å²) in [7, 11) is 0. The van der Waals surface area contributed by atoms with Gasteiger partial charge in [-0.3, -0.25) is 4.79 Å². The Hall–Kier alpha value is -2.04. The number of amides is 1. The van der Waals surface area contributed by atoms with Gasteiger partial charge in [0.25, 0.3) is 5.91 Å². The predicted molar refractivity (Wildman–Crippen MR) is 84.4 cm³/mol. The Balaban J connectivity index is 2.09. The molecule has 0 spiro atoms. The normalized spacial score (nSPS) is 10.8. The highest BCUT2D eigenvalue weighted by atomic mass is 35.5. The van der Waals surface area contributed by atoms with E-state index >= 15 is 0 Å². The maximum absolute atomic E-state index is 11.8. The van der Waals surface area contributed by atoms with Crippen molar-refractivity contribution in [1.82, 2.24) is 5.43 Å². The van der Waals surface area contributed by atoms with Crippen molar-refractivity contribution >= 4 is 35.3 Å². The van der Waals surface area contributed by atoms with Crippen LogP contribution in [0.2, 0.25) is 10.0 Å². The van der Waals surface area contributed by atoms with Crippen molar-refractivity contribution in [3.8, 4) is 5.75 Å². The minimum atomic E-state index is -0.348. The highest BCUT2D eigenvalue weighted by molar-refractivity contribution is 6.36. The highest BCUT2D eigenvalue weighted by Crippen LogP contribution is 2.29. The maximum Gasteiger partial charge on any atom is 0.271 e. The Morgan fingerprint density at radius 2 is 1.90 bits per heavy atom. The van der Waals surface area contributed by atoms with Gasteiger partial charge >= 0.3 is 0 Å². The molecule has 0 heterocycles. The molecule has 0 aromatic heterocycles. The van der Waals surface area contributed by atoms with E-state index in [1.165, 1.54) is 18.3 Å². The minimum absolute atomic E-state index is 0.119. The molecule has 0 aliphatic rings. The molecule has 2 N–H and O–H groups in total. The molecule has 1 amide bonds. The van der Waals surface area contributed by atoms with Crippen molar-refractivity contribution in [3.05, 3.63) is 63.1 Å². The topological polar surface area (TPSA) is 61.7 Å². The molecule has 0 radical (unpaired) electrons. The van der Waals surface area contributed by atoms with Crippen LogP contribution in [-0.4, -0.2) is 17.2 Å². The second kappa shape index (κ2) is 6.61. The smallest absolute Gasteiger partial charge is 0.271 e. The second-order valence-electron chi connectivity index (χ2n) is 4.39. The van der Waals surface area contributed by atoms with Gasteiger partial charge in [0.05, 0.1) is 11.2 Å². The van der Waals surface area contributed by atoms with Gasteiger partial charge in [0, 0.05) is 16.1 Å². The number of hydrogen-bond acceptors (Lipinski definition) is 3. The third kappa shape index (κ3) is 3.97. The van der Waals surface area contributed by atoms with Crippen molar-refractivity contribution in [2.45, 2.75) is 6.92 Å². The molecule has 0 unspecified atom stereocenters. The SMILES string of the molecule is Cc1ccc(C(=O)N/N=C/c2cc(Cl)cc(Cl)c2O)cc1. The van der Waals surface area contributed by atoms with Gasteiger partial charge in [-0.15, -0.1) is 0 Å². The first-order valence-corrected chi connectivity index (χ1v) is 6.81. The average molecular weight is 323 g/mol. The number of phenolic OH excluding ortho intramolecular Hbond substituents is 1. The minimum Gasteiger partial charge on any atom is -0.506 e. The Morgan fingerprint density at radius 1 is 1.24 bits per heavy atom. The molecule has 0 bridgehead atoms. The number of phenols is 1. The third-order valence-electron chi connectivity index (χ3n) is 2.74. The molecular formula is C15H12Cl2N2O2. The number of nitrogens with zero attached hydrogens (tertiary/aromatic N) is 1. The van der Waals surface area contributed by atoms with Gasteiger partial charge in [0.2, 0.25) is 0 Å². The molecule has 0 saturated carbocycles. The van der Waals surface area contributed by atoms with Crippen LogP contribution in [0.4, 0.5) is 0 Å². The summed E-state index contributed by atoms with van der Waals surface area (Å²) < 4.78 is 0. The number of halogens is 2. The Labute approximate surface area is 132 Å². The molecule has 6 heteroatoms. The lowest BCUT2D eigenvalue weighted by Gasteiger charge is -2.03. The summed E-state index contributed by atoms with van der Waals surface area (Å²) in [5.41, 5.74) is 4.24. The van der Waals surface area contributed by atoms with Gasteiger partial charge in [-0.05, 0) is 31.2 Å². The summed E-state index contributed by atoms with van der Waals surface area (Å²) in [6.07, 6.45) is 1.28. The fraction of sp³-hybridized carbons (Fsp3) is 0.0667. The van der Waals surface area contributed by atoms with E-state index in [-0.39, 0.29) is 16.7 Å². The van der Waals surface area contributed by atoms with Crippen LogP contribution in [0.15, 0.2) is 41.5 Å². The lowest BCUT2D eigenvalue weighted by Crippen LogP contribution is -2.17. The Morgan fingerprint density at radius 3 is 2.57 bits per heavy atom. The van der Waals surface area contributed by atoms with Crippen LogP contribution in [0.5, 0.6) is 5.75 Å². The Bertz CT molecular complexity index is 698. The Kier molecular flexibility index (Phi) is 4.83. The maximum atomic E-state index is 11.8. The van der Waals surface area contributed by atoms with Gasteiger partial charge in [-0.2, -0.15) is 5.10 Å². The van der Waals surface area contributed by atoms with Crippen molar-refractivity contribution in [1.29, 1.82) is 0 Å². The van der Waals surface area contributed by atoms with E-state index in [4.69, 9.17) is 23.2 Å². The number of hydrogen-bond donors (Lipinski definition) is 2. The molecule has 0 atom stereocenters. The summed E-state index contributed by atoms with van der Waals surface area (Å²) in [4.78, 5) is 11.8. The molecule has 21 heavy (non-hydrogen) atoms. The van der Waals surface area contributed by atoms with Crippen LogP contribution in [0.1, 0.15) is 21.5 Å². The number of carbonyl (C=O) groups excluding carboxylic acids is 1. The van der Waals surface area contributed by atoms with Crippen molar-refractivity contribution in [3.63, 3.8) is 0 Å². The van der Waals surface area contributed by atoms with Crippen molar-refractivity contribution < 1.29 is 9.90 Å². The van der Waals surface area contributed by atoms with E-state index < -0.39 is 0 Å². The summed E-state index contributed by atoms with van der Waals surface area (Å²) in [6, 6.07) is 9.98. The first-order chi connectivity index (χ1) is 9.97. The van der Waals surface area contributed by atoms with E-state index in [9.17, 15) is 9.90 Å². The number of benzene rings is 2. The predicted octanol–water partition coefficient (Wildman–Crippen LogP) is 3.77. The molecule has 0 aliphatic carbocycles. The monoisotopic (exact) mass is 322 g/mol. The molecule has 2 rings (SSSR count). The summed E-state index contributed by atoms with van der Waals surface area (Å²) in [6.45, 7) is 1.94. The van der Waals surface area contributed by atoms with Gasteiger partial charge in [0.1, 0.15) is 5.75 Å². The van der Waals surface area contributed by atoms with E-state index in [0.717, 1.165) is 5.56 Å². The molecule has 2 aromatic carbocycles. The lowest BCUT2D eigenvalue weighted by molar-refractivity contribution is 0.0955. The first kappa shape index (κ1) is 15.4. The number of nitrogens with one attached hydrogen (secondary N) is 1. The largest absolute Gasteiger partial charge is 0.506 e. The average Bonchev–Trinajstić information content (AvgIpc) is 2.44. The van der Waals surface area contributed by atoms with Crippen LogP contribution in [0.3, 0.4) is 0 Å². The van der Waals surface area contributed by atoms with Crippen LogP contribution < -0.4 is 5.43 Å². The van der Waals surface area contributed by atoms with E-state index in [2.05, 4.69) is 10.5 Å². The quantitative estimate of drug-likeness (QED) is 0.667. The summed E-state index contributed by atoms with van der Waals surface area (Å²) in [5.74, 6) is -0.492. The molecule has 0 saturated heterocycles. The molecule has 0 fully saturated rings. The first-order valence-electron chi connectivity index (χ1n) is 6.05. The van der Waals surface area contributed by atoms with Gasteiger partial charge in [-0.1, -0.05) is 40.9 Å². The lowest BCUT2D eigenvalue weighted by atomic mass is 10.1. The van der Waals surface area contributed by atoms with Gasteiger partial charge in [-0.25, -0.2) is 5.43 Å². The van der Waals surface area contributed by atoms with Gasteiger partial charge in [0.15, 0.2) is 0 Å². The molecular weight excluding hydrogens is 311 g/mol. The highest BCUT2D eigenvalue weighted by Gasteiger charge is 2.07. The van der Waals surface area contributed by atoms with E-state index in [0.29, 0.717) is 16.1 Å². The third-order valence-corrected chi connectivity index (χ3v) is 3.25. The molecule has 0 aliphatic heterocycles. The molecule has 2 aromatic rings. The van der Waals surface area contributed by atoms with Gasteiger partial charge < -0.3 is 5.11 Å². The number of aromatic hydroxyl groups is 1. The number of rotatable bonds is 3. The number of hydrazone groups is 1. The zero-order valence-corrected chi connectivity index (χ0v) is 12.6. The van der Waals surface area contributed by atoms with Crippen molar-refractivity contribution in [2.24, 2.45) is 5.10 Å². The fourth-order valence-corrected chi connectivity index (χ4v) is 2.12. The number of aryl methyl sites for hydroxylation is 1. The van der Waals surface area contributed by atoms with E-state index in [1.807, 2.05) is 19.1 Å². The standard InChI is InChI=1S/C15H12Cl2N2O2/c1-9-2-4-10(5-3-9)15(21)19-18-8-11-6-12(16)7-13(17)14(11)20/h2-8,20H,1H3,(H,19,21)/b18-8+. The zero-order chi connectivity index (χ0) is 15.4. The zero-order valence-electron chi connectivity index (χ0n) is 11.1. The van der Waals surface area contributed by atoms with Crippen molar-refractivity contribution in [2.75, 3.05) is 0 Å². The number of carbonyl (C=O) groups is 1. The van der Waals surface area contributed by atoms with E-state index in [1.54, 1.807) is 12.1 Å². The van der Waals surface area contributed by atoms with Crippen LogP contribution >= 0.6 is 23.2 Å². The fourth-order valence-electron chi connectivity index (χ4n) is 1.61. The van der Waals surface area contributed by atoms with Crippen LogP contribution in [-0.2, 0) is 0 Å². The molecule has 4 nitrogen and oxygen atoms in total. The van der Waals surface area contributed by atoms with Crippen LogP contribution in [0.25, 0.3) is 0 Å². The summed E-state index contributed by atoms with van der Waals surface area (Å²) >= 11 is 11.6. The second-order valence-corrected chi connectivity index (χ2v) is 5.23. The summed E-state index contributed by atoms with van der Waals surface area (Å²) in [5, 5.41) is 14.0. The molecule has 108 valence electrons. The van der Waals surface area contributed by atoms with Crippen LogP contribution in [0, 0.1) is 6.92 Å².